The van der Waals surface area contributed by atoms with E-state index in [0.29, 0.717) is 6.04 Å². The molecule has 1 aliphatic heterocycles. The van der Waals surface area contributed by atoms with Gasteiger partial charge in [0.1, 0.15) is 0 Å². The van der Waals surface area contributed by atoms with E-state index in [9.17, 15) is 4.79 Å². The maximum atomic E-state index is 11.6. The minimum atomic E-state index is 0.222. The van der Waals surface area contributed by atoms with Crippen molar-refractivity contribution < 1.29 is 4.79 Å². The second kappa shape index (κ2) is 6.36. The van der Waals surface area contributed by atoms with Crippen LogP contribution in [0.15, 0.2) is 0 Å². The Hall–Kier alpha value is -0.610. The van der Waals surface area contributed by atoms with Gasteiger partial charge in [-0.25, -0.2) is 0 Å². The van der Waals surface area contributed by atoms with Crippen LogP contribution in [0.2, 0.25) is 0 Å². The molecule has 1 amide bonds. The molecule has 4 heteroatoms. The molecule has 2 atom stereocenters. The number of hydrogen-bond acceptors (Lipinski definition) is 3. The van der Waals surface area contributed by atoms with Gasteiger partial charge in [-0.2, -0.15) is 0 Å². The molecule has 1 heterocycles. The molecule has 2 unspecified atom stereocenters. The van der Waals surface area contributed by atoms with Crippen LogP contribution in [-0.2, 0) is 4.79 Å². The first-order valence-corrected chi connectivity index (χ1v) is 6.50. The number of carbonyl (C=O) groups is 1. The first-order chi connectivity index (χ1) is 7.90. The zero-order valence-electron chi connectivity index (χ0n) is 11.9. The smallest absolute Gasteiger partial charge is 0.219 e. The van der Waals surface area contributed by atoms with Gasteiger partial charge in [-0.3, -0.25) is 14.6 Å². The van der Waals surface area contributed by atoms with Crippen molar-refractivity contribution in [3.8, 4) is 0 Å². The molecule has 1 aliphatic rings. The summed E-state index contributed by atoms with van der Waals surface area (Å²) in [5.74, 6) is 0.962. The summed E-state index contributed by atoms with van der Waals surface area (Å²) < 4.78 is 0. The fraction of sp³-hybridized carbons (Fsp3) is 0.923. The van der Waals surface area contributed by atoms with Gasteiger partial charge in [-0.1, -0.05) is 6.92 Å². The fourth-order valence-corrected chi connectivity index (χ4v) is 2.74. The van der Waals surface area contributed by atoms with Gasteiger partial charge in [0, 0.05) is 32.7 Å². The standard InChI is InChI=1S/C13H27N3O/c1-11-6-7-16(12(2)17)13(8-11)9-15(5)10-14(3)4/h11,13H,6-10H2,1-5H3. The molecule has 1 rings (SSSR count). The Balaban J connectivity index is 2.54. The minimum absolute atomic E-state index is 0.222. The summed E-state index contributed by atoms with van der Waals surface area (Å²) in [6.45, 7) is 6.82. The van der Waals surface area contributed by atoms with Crippen molar-refractivity contribution in [1.82, 2.24) is 14.7 Å². The van der Waals surface area contributed by atoms with Gasteiger partial charge in [-0.15, -0.1) is 0 Å². The van der Waals surface area contributed by atoms with Crippen LogP contribution in [0.3, 0.4) is 0 Å². The maximum absolute atomic E-state index is 11.6. The summed E-state index contributed by atoms with van der Waals surface area (Å²) >= 11 is 0. The highest BCUT2D eigenvalue weighted by atomic mass is 16.2. The lowest BCUT2D eigenvalue weighted by molar-refractivity contribution is -0.133. The predicted molar refractivity (Wildman–Crippen MR) is 70.8 cm³/mol. The van der Waals surface area contributed by atoms with Crippen LogP contribution in [0, 0.1) is 5.92 Å². The number of hydrogen-bond donors (Lipinski definition) is 0. The normalized spacial score (nSPS) is 25.7. The third-order valence-corrected chi connectivity index (χ3v) is 3.43. The van der Waals surface area contributed by atoms with E-state index in [1.807, 2.05) is 4.90 Å². The number of piperidine rings is 1. The van der Waals surface area contributed by atoms with Crippen molar-refractivity contribution in [3.63, 3.8) is 0 Å². The third kappa shape index (κ3) is 4.64. The molecular weight excluding hydrogens is 214 g/mol. The highest BCUT2D eigenvalue weighted by Gasteiger charge is 2.28. The molecule has 0 aliphatic carbocycles. The lowest BCUT2D eigenvalue weighted by Gasteiger charge is -2.40. The van der Waals surface area contributed by atoms with Crippen molar-refractivity contribution in [2.24, 2.45) is 5.92 Å². The molecule has 0 aromatic rings. The Morgan fingerprint density at radius 1 is 1.35 bits per heavy atom. The van der Waals surface area contributed by atoms with Gasteiger partial charge in [0.15, 0.2) is 0 Å². The summed E-state index contributed by atoms with van der Waals surface area (Å²) in [6.07, 6.45) is 2.28. The average molecular weight is 241 g/mol. The van der Waals surface area contributed by atoms with Crippen molar-refractivity contribution in [3.05, 3.63) is 0 Å². The molecule has 4 nitrogen and oxygen atoms in total. The first-order valence-electron chi connectivity index (χ1n) is 6.50. The van der Waals surface area contributed by atoms with E-state index in [0.717, 1.165) is 38.5 Å². The van der Waals surface area contributed by atoms with Crippen molar-refractivity contribution >= 4 is 5.91 Å². The van der Waals surface area contributed by atoms with E-state index in [-0.39, 0.29) is 5.91 Å². The maximum Gasteiger partial charge on any atom is 0.219 e. The zero-order chi connectivity index (χ0) is 13.0. The topological polar surface area (TPSA) is 26.8 Å². The first kappa shape index (κ1) is 14.5. The second-order valence-corrected chi connectivity index (χ2v) is 5.76. The fourth-order valence-electron chi connectivity index (χ4n) is 2.74. The highest BCUT2D eigenvalue weighted by molar-refractivity contribution is 5.73. The van der Waals surface area contributed by atoms with Crippen LogP contribution in [0.1, 0.15) is 26.7 Å². The van der Waals surface area contributed by atoms with Crippen LogP contribution in [-0.4, -0.2) is 67.5 Å². The monoisotopic (exact) mass is 241 g/mol. The van der Waals surface area contributed by atoms with E-state index >= 15 is 0 Å². The van der Waals surface area contributed by atoms with E-state index in [1.54, 1.807) is 6.92 Å². The summed E-state index contributed by atoms with van der Waals surface area (Å²) in [5.41, 5.74) is 0. The highest BCUT2D eigenvalue weighted by Crippen LogP contribution is 2.23. The number of likely N-dealkylation sites (N-methyl/N-ethyl adjacent to an activating group) is 1. The number of likely N-dealkylation sites (tertiary alicyclic amines) is 1. The van der Waals surface area contributed by atoms with Gasteiger partial charge in [0.25, 0.3) is 0 Å². The molecule has 0 aromatic heterocycles. The van der Waals surface area contributed by atoms with Gasteiger partial charge in [0.05, 0.1) is 0 Å². The molecule has 0 N–H and O–H groups in total. The van der Waals surface area contributed by atoms with Crippen LogP contribution in [0.4, 0.5) is 0 Å². The van der Waals surface area contributed by atoms with Crippen LogP contribution in [0.25, 0.3) is 0 Å². The van der Waals surface area contributed by atoms with Crippen molar-refractivity contribution in [1.29, 1.82) is 0 Å². The van der Waals surface area contributed by atoms with E-state index in [4.69, 9.17) is 0 Å². The lowest BCUT2D eigenvalue weighted by Crippen LogP contribution is -2.50. The summed E-state index contributed by atoms with van der Waals surface area (Å²) in [5, 5.41) is 0. The summed E-state index contributed by atoms with van der Waals surface area (Å²) in [6, 6.07) is 0.390. The molecule has 0 aromatic carbocycles. The Morgan fingerprint density at radius 2 is 2.00 bits per heavy atom. The van der Waals surface area contributed by atoms with Gasteiger partial charge < -0.3 is 4.90 Å². The molecule has 0 saturated carbocycles. The quantitative estimate of drug-likeness (QED) is 0.689. The second-order valence-electron chi connectivity index (χ2n) is 5.76. The van der Waals surface area contributed by atoms with E-state index < -0.39 is 0 Å². The summed E-state index contributed by atoms with van der Waals surface area (Å²) in [4.78, 5) is 18.1. The van der Waals surface area contributed by atoms with Gasteiger partial charge in [-0.05, 0) is 39.9 Å². The number of amides is 1. The van der Waals surface area contributed by atoms with E-state index in [2.05, 4.69) is 37.9 Å². The summed E-state index contributed by atoms with van der Waals surface area (Å²) in [7, 11) is 6.27. The van der Waals surface area contributed by atoms with Crippen LogP contribution >= 0.6 is 0 Å². The molecule has 0 bridgehead atoms. The van der Waals surface area contributed by atoms with Crippen LogP contribution in [0.5, 0.6) is 0 Å². The largest absolute Gasteiger partial charge is 0.339 e. The molecular formula is C13H27N3O. The average Bonchev–Trinajstić information content (AvgIpc) is 2.15. The van der Waals surface area contributed by atoms with E-state index in [1.165, 1.54) is 0 Å². The van der Waals surface area contributed by atoms with Crippen molar-refractivity contribution in [2.75, 3.05) is 40.9 Å². The number of carbonyl (C=O) groups excluding carboxylic acids is 1. The Bertz CT molecular complexity index is 255. The molecule has 0 spiro atoms. The molecule has 1 fully saturated rings. The molecule has 0 radical (unpaired) electrons. The number of nitrogens with zero attached hydrogens (tertiary/aromatic N) is 3. The van der Waals surface area contributed by atoms with Gasteiger partial charge in [0.2, 0.25) is 5.91 Å². The Labute approximate surface area is 106 Å². The number of rotatable bonds is 4. The molecule has 1 saturated heterocycles. The molecule has 17 heavy (non-hydrogen) atoms. The predicted octanol–water partition coefficient (Wildman–Crippen LogP) is 1.08. The molecule has 100 valence electrons. The Kier molecular flexibility index (Phi) is 5.40. The lowest BCUT2D eigenvalue weighted by atomic mass is 9.92. The zero-order valence-corrected chi connectivity index (χ0v) is 11.9. The van der Waals surface area contributed by atoms with Crippen molar-refractivity contribution in [2.45, 2.75) is 32.7 Å². The minimum Gasteiger partial charge on any atom is -0.339 e. The SMILES string of the molecule is CC(=O)N1CCC(C)CC1CN(C)CN(C)C. The third-order valence-electron chi connectivity index (χ3n) is 3.43. The van der Waals surface area contributed by atoms with Crippen LogP contribution < -0.4 is 0 Å². The van der Waals surface area contributed by atoms with Gasteiger partial charge >= 0.3 is 0 Å². The Morgan fingerprint density at radius 3 is 2.53 bits per heavy atom.